The lowest BCUT2D eigenvalue weighted by Crippen LogP contribution is -2.24. The molecule has 0 radical (unpaired) electrons. The van der Waals surface area contributed by atoms with Gasteiger partial charge in [0.1, 0.15) is 0 Å². The number of ketones is 1. The monoisotopic (exact) mass is 313 g/mol. The van der Waals surface area contributed by atoms with E-state index in [-0.39, 0.29) is 11.3 Å². The topological polar surface area (TPSA) is 65.5 Å². The van der Waals surface area contributed by atoms with Gasteiger partial charge in [-0.3, -0.25) is 4.79 Å². The highest BCUT2D eigenvalue weighted by atomic mass is 16.5. The van der Waals surface area contributed by atoms with Crippen LogP contribution < -0.4 is 4.74 Å². The number of hydrogen-bond donors (Lipinski definition) is 0. The maximum absolute atomic E-state index is 12.4. The van der Waals surface area contributed by atoms with Gasteiger partial charge in [-0.25, -0.2) is 9.78 Å². The van der Waals surface area contributed by atoms with Gasteiger partial charge < -0.3 is 9.47 Å². The van der Waals surface area contributed by atoms with Gasteiger partial charge in [-0.2, -0.15) is 0 Å². The number of rotatable bonds is 5. The summed E-state index contributed by atoms with van der Waals surface area (Å²) in [5.74, 6) is -0.423. The Morgan fingerprint density at radius 1 is 1.04 bits per heavy atom. The van der Waals surface area contributed by atoms with Gasteiger partial charge >= 0.3 is 5.97 Å². The van der Waals surface area contributed by atoms with Crippen LogP contribution in [-0.4, -0.2) is 30.0 Å². The van der Waals surface area contributed by atoms with Crippen molar-refractivity contribution in [1.82, 2.24) is 4.98 Å². The number of ether oxygens (including phenoxy) is 2. The molecule has 0 amide bonds. The van der Waals surface area contributed by atoms with E-state index in [1.165, 1.54) is 13.3 Å². The van der Waals surface area contributed by atoms with Crippen molar-refractivity contribution in [2.24, 2.45) is 0 Å². The number of Topliss-reactive ketones (excluding diaryl/α,β-unsaturated/α-hetero) is 1. The number of carbonyl (C=O) groups excluding carboxylic acids is 2. The van der Waals surface area contributed by atoms with Crippen LogP contribution in [-0.2, 0) is 4.74 Å². The van der Waals surface area contributed by atoms with Crippen molar-refractivity contribution in [2.45, 2.75) is 26.9 Å². The first-order valence-corrected chi connectivity index (χ1v) is 7.25. The Bertz CT molecular complexity index is 722. The minimum absolute atomic E-state index is 0.233. The first-order chi connectivity index (χ1) is 10.9. The molecule has 2 rings (SSSR count). The fourth-order valence-electron chi connectivity index (χ4n) is 2.03. The molecule has 5 nitrogen and oxygen atoms in total. The number of benzene rings is 1. The number of aromatic nitrogens is 1. The second-order valence-electron chi connectivity index (χ2n) is 5.30. The average Bonchev–Trinajstić information content (AvgIpc) is 2.56. The first-order valence-electron chi connectivity index (χ1n) is 7.25. The summed E-state index contributed by atoms with van der Waals surface area (Å²) < 4.78 is 10.2. The van der Waals surface area contributed by atoms with Gasteiger partial charge in [-0.1, -0.05) is 12.1 Å². The van der Waals surface area contributed by atoms with Crippen LogP contribution in [0.3, 0.4) is 0 Å². The molecule has 2 aromatic rings. The van der Waals surface area contributed by atoms with Gasteiger partial charge in [0.15, 0.2) is 6.10 Å². The lowest BCUT2D eigenvalue weighted by atomic mass is 10.0. The minimum atomic E-state index is -0.869. The third kappa shape index (κ3) is 3.94. The number of aryl methyl sites for hydroxylation is 2. The Hall–Kier alpha value is -2.69. The lowest BCUT2D eigenvalue weighted by Gasteiger charge is -2.13. The molecule has 0 spiro atoms. The van der Waals surface area contributed by atoms with E-state index < -0.39 is 12.1 Å². The van der Waals surface area contributed by atoms with Crippen LogP contribution in [0.1, 0.15) is 38.8 Å². The Morgan fingerprint density at radius 3 is 2.30 bits per heavy atom. The van der Waals surface area contributed by atoms with Crippen LogP contribution in [0.5, 0.6) is 5.88 Å². The van der Waals surface area contributed by atoms with E-state index in [1.54, 1.807) is 31.2 Å². The van der Waals surface area contributed by atoms with E-state index in [1.807, 2.05) is 19.9 Å². The van der Waals surface area contributed by atoms with E-state index in [0.717, 1.165) is 11.1 Å². The van der Waals surface area contributed by atoms with Crippen molar-refractivity contribution in [2.75, 3.05) is 7.11 Å². The van der Waals surface area contributed by atoms with Crippen LogP contribution in [0.25, 0.3) is 0 Å². The van der Waals surface area contributed by atoms with Gasteiger partial charge in [0.05, 0.1) is 12.7 Å². The maximum atomic E-state index is 12.4. The summed E-state index contributed by atoms with van der Waals surface area (Å²) in [7, 11) is 1.49. The second kappa shape index (κ2) is 7.05. The van der Waals surface area contributed by atoms with Crippen LogP contribution in [0.4, 0.5) is 0 Å². The number of pyridine rings is 1. The van der Waals surface area contributed by atoms with E-state index in [0.29, 0.717) is 11.4 Å². The second-order valence-corrected chi connectivity index (χ2v) is 5.30. The van der Waals surface area contributed by atoms with Crippen LogP contribution >= 0.6 is 0 Å². The number of hydrogen-bond acceptors (Lipinski definition) is 5. The Morgan fingerprint density at radius 2 is 1.74 bits per heavy atom. The molecule has 1 heterocycles. The summed E-state index contributed by atoms with van der Waals surface area (Å²) >= 11 is 0. The number of nitrogens with zero attached hydrogens (tertiary/aromatic N) is 1. The third-order valence-electron chi connectivity index (χ3n) is 3.63. The normalized spacial score (nSPS) is 11.7. The van der Waals surface area contributed by atoms with Gasteiger partial charge in [-0.15, -0.1) is 0 Å². The number of methoxy groups -OCH3 is 1. The van der Waals surface area contributed by atoms with Crippen LogP contribution in [0.2, 0.25) is 0 Å². The van der Waals surface area contributed by atoms with Gasteiger partial charge in [0.25, 0.3) is 0 Å². The first kappa shape index (κ1) is 16.7. The predicted octanol–water partition coefficient (Wildman–Crippen LogP) is 3.14. The summed E-state index contributed by atoms with van der Waals surface area (Å²) in [5, 5.41) is 0. The zero-order valence-corrected chi connectivity index (χ0v) is 13.6. The fourth-order valence-corrected chi connectivity index (χ4v) is 2.03. The van der Waals surface area contributed by atoms with Crippen molar-refractivity contribution in [3.8, 4) is 5.88 Å². The summed E-state index contributed by atoms with van der Waals surface area (Å²) in [6.45, 7) is 5.47. The molecule has 0 saturated heterocycles. The van der Waals surface area contributed by atoms with Gasteiger partial charge in [0.2, 0.25) is 11.7 Å². The molecule has 5 heteroatoms. The Balaban J connectivity index is 2.07. The highest BCUT2D eigenvalue weighted by molar-refractivity contribution is 6.01. The van der Waals surface area contributed by atoms with Gasteiger partial charge in [0, 0.05) is 17.8 Å². The predicted molar refractivity (Wildman–Crippen MR) is 85.9 cm³/mol. The molecule has 0 aliphatic rings. The SMILES string of the molecule is COc1ccc(C(=O)O[C@@H](C)C(=O)c2ccc(C)c(C)c2)cn1. The molecule has 1 aromatic carbocycles. The molecule has 0 fully saturated rings. The molecule has 0 bridgehead atoms. The van der Waals surface area contributed by atoms with E-state index in [9.17, 15) is 9.59 Å². The molecule has 120 valence electrons. The smallest absolute Gasteiger partial charge is 0.340 e. The molecule has 1 aromatic heterocycles. The van der Waals surface area contributed by atoms with Crippen LogP contribution in [0, 0.1) is 13.8 Å². The molecule has 0 aliphatic carbocycles. The lowest BCUT2D eigenvalue weighted by molar-refractivity contribution is 0.0318. The number of esters is 1. The summed E-state index contributed by atoms with van der Waals surface area (Å²) in [5.41, 5.74) is 2.93. The van der Waals surface area contributed by atoms with Crippen molar-refractivity contribution >= 4 is 11.8 Å². The zero-order valence-electron chi connectivity index (χ0n) is 13.6. The Labute approximate surface area is 135 Å². The highest BCUT2D eigenvalue weighted by Crippen LogP contribution is 2.14. The molecular formula is C18H19NO4. The zero-order chi connectivity index (χ0) is 17.0. The fraction of sp³-hybridized carbons (Fsp3) is 0.278. The van der Waals surface area contributed by atoms with Crippen molar-refractivity contribution in [3.05, 3.63) is 58.8 Å². The van der Waals surface area contributed by atoms with Crippen molar-refractivity contribution < 1.29 is 19.1 Å². The molecular weight excluding hydrogens is 294 g/mol. The largest absolute Gasteiger partial charge is 0.481 e. The molecule has 0 aliphatic heterocycles. The Kier molecular flexibility index (Phi) is 5.11. The molecule has 1 atom stereocenters. The highest BCUT2D eigenvalue weighted by Gasteiger charge is 2.21. The average molecular weight is 313 g/mol. The van der Waals surface area contributed by atoms with Gasteiger partial charge in [-0.05, 0) is 44.0 Å². The minimum Gasteiger partial charge on any atom is -0.481 e. The maximum Gasteiger partial charge on any atom is 0.340 e. The third-order valence-corrected chi connectivity index (χ3v) is 3.63. The summed E-state index contributed by atoms with van der Waals surface area (Å²) in [6, 6.07) is 8.53. The van der Waals surface area contributed by atoms with Crippen molar-refractivity contribution in [1.29, 1.82) is 0 Å². The standard InChI is InChI=1S/C18H19NO4/c1-11-5-6-14(9-12(11)2)17(20)13(3)23-18(21)15-7-8-16(22-4)19-10-15/h5-10,13H,1-4H3/t13-/m0/s1. The molecule has 0 unspecified atom stereocenters. The summed E-state index contributed by atoms with van der Waals surface area (Å²) in [6.07, 6.45) is 0.487. The molecule has 23 heavy (non-hydrogen) atoms. The molecule has 0 saturated carbocycles. The van der Waals surface area contributed by atoms with Crippen LogP contribution in [0.15, 0.2) is 36.5 Å². The van der Waals surface area contributed by atoms with E-state index in [2.05, 4.69) is 4.98 Å². The van der Waals surface area contributed by atoms with E-state index in [4.69, 9.17) is 9.47 Å². The summed E-state index contributed by atoms with van der Waals surface area (Å²) in [4.78, 5) is 28.4. The molecule has 0 N–H and O–H groups in total. The van der Waals surface area contributed by atoms with Crippen molar-refractivity contribution in [3.63, 3.8) is 0 Å². The van der Waals surface area contributed by atoms with E-state index >= 15 is 0 Å². The quantitative estimate of drug-likeness (QED) is 0.627. The number of carbonyl (C=O) groups is 2.